The number of aromatic nitrogens is 2. The Labute approximate surface area is 114 Å². The van der Waals surface area contributed by atoms with Gasteiger partial charge in [-0.05, 0) is 44.4 Å². The summed E-state index contributed by atoms with van der Waals surface area (Å²) in [6.45, 7) is 10.2. The van der Waals surface area contributed by atoms with Crippen molar-refractivity contribution in [1.82, 2.24) is 9.78 Å². The van der Waals surface area contributed by atoms with Gasteiger partial charge in [-0.2, -0.15) is 5.10 Å². The second kappa shape index (κ2) is 5.00. The zero-order chi connectivity index (χ0) is 14.2. The van der Waals surface area contributed by atoms with Crippen LogP contribution in [-0.2, 0) is 0 Å². The summed E-state index contributed by atoms with van der Waals surface area (Å²) < 4.78 is 1.52. The smallest absolute Gasteiger partial charge is 0.267 e. The van der Waals surface area contributed by atoms with Crippen LogP contribution in [0.15, 0.2) is 24.3 Å². The number of aryl methyl sites for hydroxylation is 2. The summed E-state index contributed by atoms with van der Waals surface area (Å²) in [5.74, 6) is 0.312. The van der Waals surface area contributed by atoms with Crippen molar-refractivity contribution in [2.75, 3.05) is 0 Å². The SMILES string of the molecule is Cc1ccc(C(=O)n2nc(C)c(C(C)C)c2C)cc1. The third-order valence-corrected chi connectivity index (χ3v) is 3.42. The number of rotatable bonds is 2. The van der Waals surface area contributed by atoms with Crippen LogP contribution in [0.1, 0.15) is 52.6 Å². The molecule has 0 N–H and O–H groups in total. The van der Waals surface area contributed by atoms with Crippen molar-refractivity contribution in [2.24, 2.45) is 0 Å². The molecule has 1 heterocycles. The van der Waals surface area contributed by atoms with E-state index in [1.165, 1.54) is 10.2 Å². The minimum absolute atomic E-state index is 0.0625. The predicted octanol–water partition coefficient (Wildman–Crippen LogP) is 3.62. The largest absolute Gasteiger partial charge is 0.278 e. The Bertz CT molecular complexity index is 606. The molecular formula is C16H20N2O. The van der Waals surface area contributed by atoms with Crippen molar-refractivity contribution in [1.29, 1.82) is 0 Å². The van der Waals surface area contributed by atoms with Crippen LogP contribution in [0.2, 0.25) is 0 Å². The van der Waals surface area contributed by atoms with Gasteiger partial charge in [0.05, 0.1) is 5.69 Å². The van der Waals surface area contributed by atoms with E-state index in [-0.39, 0.29) is 5.91 Å². The molecule has 0 aliphatic rings. The molecule has 0 unspecified atom stereocenters. The summed E-state index contributed by atoms with van der Waals surface area (Å²) in [6, 6.07) is 7.59. The van der Waals surface area contributed by atoms with Crippen molar-refractivity contribution < 1.29 is 4.79 Å². The Kier molecular flexibility index (Phi) is 3.56. The van der Waals surface area contributed by atoms with Gasteiger partial charge in [-0.15, -0.1) is 0 Å². The highest BCUT2D eigenvalue weighted by Gasteiger charge is 2.19. The van der Waals surface area contributed by atoms with Crippen LogP contribution >= 0.6 is 0 Å². The Hall–Kier alpha value is -1.90. The molecule has 0 spiro atoms. The highest BCUT2D eigenvalue weighted by molar-refractivity contribution is 5.96. The van der Waals surface area contributed by atoms with Crippen LogP contribution in [0.3, 0.4) is 0 Å². The van der Waals surface area contributed by atoms with Crippen LogP contribution in [0.4, 0.5) is 0 Å². The molecule has 0 fully saturated rings. The molecular weight excluding hydrogens is 236 g/mol. The van der Waals surface area contributed by atoms with Crippen molar-refractivity contribution in [3.8, 4) is 0 Å². The average Bonchev–Trinajstić information content (AvgIpc) is 2.65. The van der Waals surface area contributed by atoms with Gasteiger partial charge in [0.2, 0.25) is 0 Å². The highest BCUT2D eigenvalue weighted by Crippen LogP contribution is 2.23. The Morgan fingerprint density at radius 2 is 1.68 bits per heavy atom. The molecule has 3 nitrogen and oxygen atoms in total. The molecule has 100 valence electrons. The standard InChI is InChI=1S/C16H20N2O/c1-10(2)15-12(4)17-18(13(15)5)16(19)14-8-6-11(3)7-9-14/h6-10H,1-5H3. The van der Waals surface area contributed by atoms with E-state index >= 15 is 0 Å². The van der Waals surface area contributed by atoms with Crippen molar-refractivity contribution in [3.63, 3.8) is 0 Å². The van der Waals surface area contributed by atoms with E-state index in [0.717, 1.165) is 17.0 Å². The minimum Gasteiger partial charge on any atom is -0.267 e. The summed E-state index contributed by atoms with van der Waals surface area (Å²) >= 11 is 0. The predicted molar refractivity (Wildman–Crippen MR) is 76.7 cm³/mol. The molecule has 1 aromatic carbocycles. The lowest BCUT2D eigenvalue weighted by molar-refractivity contribution is 0.0942. The van der Waals surface area contributed by atoms with Crippen LogP contribution in [0.5, 0.6) is 0 Å². The summed E-state index contributed by atoms with van der Waals surface area (Å²) in [7, 11) is 0. The zero-order valence-corrected chi connectivity index (χ0v) is 12.2. The highest BCUT2D eigenvalue weighted by atomic mass is 16.2. The molecule has 0 saturated heterocycles. The van der Waals surface area contributed by atoms with Crippen molar-refractivity contribution >= 4 is 5.91 Å². The lowest BCUT2D eigenvalue weighted by Gasteiger charge is -2.07. The topological polar surface area (TPSA) is 34.9 Å². The Morgan fingerprint density at radius 1 is 1.11 bits per heavy atom. The Balaban J connectivity index is 2.45. The summed E-state index contributed by atoms with van der Waals surface area (Å²) in [4.78, 5) is 12.5. The molecule has 2 rings (SSSR count). The first-order valence-corrected chi connectivity index (χ1v) is 6.59. The van der Waals surface area contributed by atoms with E-state index in [1.54, 1.807) is 0 Å². The number of hydrogen-bond donors (Lipinski definition) is 0. The third kappa shape index (κ3) is 2.46. The minimum atomic E-state index is -0.0625. The van der Waals surface area contributed by atoms with Crippen LogP contribution in [0.25, 0.3) is 0 Å². The number of benzene rings is 1. The monoisotopic (exact) mass is 256 g/mol. The normalized spacial score (nSPS) is 11.1. The van der Waals surface area contributed by atoms with Gasteiger partial charge in [-0.25, -0.2) is 4.68 Å². The molecule has 0 atom stereocenters. The van der Waals surface area contributed by atoms with Crippen LogP contribution in [-0.4, -0.2) is 15.7 Å². The fourth-order valence-electron chi connectivity index (χ4n) is 2.51. The molecule has 1 aromatic heterocycles. The molecule has 0 aliphatic carbocycles. The maximum absolute atomic E-state index is 12.5. The molecule has 0 bridgehead atoms. The van der Waals surface area contributed by atoms with E-state index in [9.17, 15) is 4.79 Å². The van der Waals surface area contributed by atoms with Crippen molar-refractivity contribution in [3.05, 3.63) is 52.3 Å². The number of hydrogen-bond acceptors (Lipinski definition) is 2. The summed E-state index contributed by atoms with van der Waals surface area (Å²) in [5, 5.41) is 4.40. The molecule has 0 aliphatic heterocycles. The number of carbonyl (C=O) groups excluding carboxylic acids is 1. The van der Waals surface area contributed by atoms with Gasteiger partial charge < -0.3 is 0 Å². The second-order valence-corrected chi connectivity index (χ2v) is 5.32. The van der Waals surface area contributed by atoms with E-state index in [2.05, 4.69) is 18.9 Å². The van der Waals surface area contributed by atoms with E-state index < -0.39 is 0 Å². The van der Waals surface area contributed by atoms with Gasteiger partial charge >= 0.3 is 0 Å². The average molecular weight is 256 g/mol. The maximum Gasteiger partial charge on any atom is 0.278 e. The van der Waals surface area contributed by atoms with Gasteiger partial charge in [-0.1, -0.05) is 31.5 Å². The number of carbonyl (C=O) groups is 1. The van der Waals surface area contributed by atoms with Gasteiger partial charge in [0.1, 0.15) is 0 Å². The molecule has 19 heavy (non-hydrogen) atoms. The quantitative estimate of drug-likeness (QED) is 0.822. The van der Waals surface area contributed by atoms with Crippen molar-refractivity contribution in [2.45, 2.75) is 40.5 Å². The van der Waals surface area contributed by atoms with Gasteiger partial charge in [0.25, 0.3) is 5.91 Å². The van der Waals surface area contributed by atoms with E-state index in [4.69, 9.17) is 0 Å². The summed E-state index contributed by atoms with van der Waals surface area (Å²) in [6.07, 6.45) is 0. The van der Waals surface area contributed by atoms with E-state index in [1.807, 2.05) is 45.0 Å². The lowest BCUT2D eigenvalue weighted by atomic mass is 10.0. The summed E-state index contributed by atoms with van der Waals surface area (Å²) in [5.41, 5.74) is 4.87. The first-order valence-electron chi connectivity index (χ1n) is 6.59. The fraction of sp³-hybridized carbons (Fsp3) is 0.375. The first kappa shape index (κ1) is 13.5. The third-order valence-electron chi connectivity index (χ3n) is 3.42. The molecule has 0 saturated carbocycles. The second-order valence-electron chi connectivity index (χ2n) is 5.32. The lowest BCUT2D eigenvalue weighted by Crippen LogP contribution is -2.15. The van der Waals surface area contributed by atoms with Gasteiger partial charge in [-0.3, -0.25) is 4.79 Å². The van der Waals surface area contributed by atoms with Crippen LogP contribution in [0, 0.1) is 20.8 Å². The molecule has 0 radical (unpaired) electrons. The molecule has 3 heteroatoms. The fourth-order valence-corrected chi connectivity index (χ4v) is 2.51. The van der Waals surface area contributed by atoms with E-state index in [0.29, 0.717) is 11.5 Å². The zero-order valence-electron chi connectivity index (χ0n) is 12.2. The maximum atomic E-state index is 12.5. The van der Waals surface area contributed by atoms with Gasteiger partial charge in [0.15, 0.2) is 0 Å². The number of nitrogens with zero attached hydrogens (tertiary/aromatic N) is 2. The first-order chi connectivity index (χ1) is 8.91. The molecule has 2 aromatic rings. The Morgan fingerprint density at radius 3 is 2.16 bits per heavy atom. The van der Waals surface area contributed by atoms with Gasteiger partial charge in [0, 0.05) is 11.3 Å². The van der Waals surface area contributed by atoms with Crippen LogP contribution < -0.4 is 0 Å². The molecule has 0 amide bonds.